The molecule has 1 aromatic rings. The maximum Gasteiger partial charge on any atom is -0.0305 e. The van der Waals surface area contributed by atoms with Crippen molar-refractivity contribution < 1.29 is 0 Å². The van der Waals surface area contributed by atoms with Gasteiger partial charge in [0, 0.05) is 0 Å². The number of aryl methyl sites for hydroxylation is 4. The molecule has 0 radical (unpaired) electrons. The van der Waals surface area contributed by atoms with Crippen molar-refractivity contribution in [1.82, 2.24) is 0 Å². The topological polar surface area (TPSA) is 0 Å². The van der Waals surface area contributed by atoms with Crippen LogP contribution in [0.15, 0.2) is 12.1 Å². The third-order valence-corrected chi connectivity index (χ3v) is 2.33. The van der Waals surface area contributed by atoms with Crippen LogP contribution in [0.2, 0.25) is 0 Å². The van der Waals surface area contributed by atoms with Crippen LogP contribution < -0.4 is 0 Å². The highest BCUT2D eigenvalue weighted by Gasteiger charge is 1.98. The molecular weight excluding hydrogens is 168 g/mol. The molecule has 0 aliphatic heterocycles. The molecule has 0 unspecified atom stereocenters. The smallest absolute Gasteiger partial charge is 0.0305 e. The van der Waals surface area contributed by atoms with Gasteiger partial charge >= 0.3 is 0 Å². The fourth-order valence-corrected chi connectivity index (χ4v) is 1.40. The lowest BCUT2D eigenvalue weighted by atomic mass is 9.99. The Labute approximate surface area is 91.4 Å². The lowest BCUT2D eigenvalue weighted by Gasteiger charge is -2.06. The molecule has 0 saturated carbocycles. The monoisotopic (exact) mass is 196 g/mol. The predicted molar refractivity (Wildman–Crippen MR) is 70.2 cm³/mol. The standard InChI is InChI=1S/C11H16.3CH4/c1-5-11-7-9(3)8(2)6-10(11)4;;;/h6-7H,5H2,1-4H3;3*1H4. The first-order valence-corrected chi connectivity index (χ1v) is 4.22. The summed E-state index contributed by atoms with van der Waals surface area (Å²) in [6, 6.07) is 4.57. The van der Waals surface area contributed by atoms with E-state index in [0.717, 1.165) is 6.42 Å². The van der Waals surface area contributed by atoms with E-state index in [1.807, 2.05) is 0 Å². The third kappa shape index (κ3) is 3.95. The predicted octanol–water partition coefficient (Wildman–Crippen LogP) is 5.08. The minimum absolute atomic E-state index is 0. The molecule has 0 heteroatoms. The van der Waals surface area contributed by atoms with Crippen LogP contribution in [0.25, 0.3) is 0 Å². The SMILES string of the molecule is C.C.C.CCc1cc(C)c(C)cc1C. The van der Waals surface area contributed by atoms with Gasteiger partial charge in [0.15, 0.2) is 0 Å². The summed E-state index contributed by atoms with van der Waals surface area (Å²) in [5, 5.41) is 0. The first-order chi connectivity index (χ1) is 5.15. The van der Waals surface area contributed by atoms with E-state index in [1.54, 1.807) is 0 Å². The lowest BCUT2D eigenvalue weighted by molar-refractivity contribution is 1.09. The molecule has 0 spiro atoms. The minimum Gasteiger partial charge on any atom is -0.0776 e. The van der Waals surface area contributed by atoms with Crippen LogP contribution in [-0.2, 0) is 6.42 Å². The van der Waals surface area contributed by atoms with E-state index in [0.29, 0.717) is 0 Å². The second kappa shape index (κ2) is 7.61. The van der Waals surface area contributed by atoms with Crippen LogP contribution in [-0.4, -0.2) is 0 Å². The molecule has 0 saturated heterocycles. The van der Waals surface area contributed by atoms with Crippen LogP contribution in [0.5, 0.6) is 0 Å². The average molecular weight is 196 g/mol. The third-order valence-electron chi connectivity index (χ3n) is 2.33. The Morgan fingerprint density at radius 3 is 1.64 bits per heavy atom. The van der Waals surface area contributed by atoms with Gasteiger partial charge in [-0.25, -0.2) is 0 Å². The second-order valence-corrected chi connectivity index (χ2v) is 3.22. The van der Waals surface area contributed by atoms with Crippen molar-refractivity contribution in [2.75, 3.05) is 0 Å². The van der Waals surface area contributed by atoms with E-state index in [1.165, 1.54) is 22.3 Å². The molecule has 0 atom stereocenters. The Hall–Kier alpha value is -0.780. The molecule has 1 aromatic carbocycles. The molecule has 0 nitrogen and oxygen atoms in total. The zero-order valence-electron chi connectivity index (χ0n) is 7.86. The Balaban J connectivity index is -0.000000403. The Morgan fingerprint density at radius 1 is 0.786 bits per heavy atom. The maximum absolute atomic E-state index is 2.30. The van der Waals surface area contributed by atoms with Crippen LogP contribution in [0, 0.1) is 20.8 Å². The van der Waals surface area contributed by atoms with Crippen molar-refractivity contribution in [3.8, 4) is 0 Å². The van der Waals surface area contributed by atoms with Crippen molar-refractivity contribution in [3.63, 3.8) is 0 Å². The summed E-state index contributed by atoms with van der Waals surface area (Å²) in [5.74, 6) is 0. The summed E-state index contributed by atoms with van der Waals surface area (Å²) in [4.78, 5) is 0. The summed E-state index contributed by atoms with van der Waals surface area (Å²) in [6.07, 6.45) is 1.15. The van der Waals surface area contributed by atoms with Crippen LogP contribution >= 0.6 is 0 Å². The number of benzene rings is 1. The van der Waals surface area contributed by atoms with Gasteiger partial charge in [-0.05, 0) is 49.4 Å². The first kappa shape index (κ1) is 18.9. The van der Waals surface area contributed by atoms with Crippen LogP contribution in [0.3, 0.4) is 0 Å². The van der Waals surface area contributed by atoms with Crippen molar-refractivity contribution in [1.29, 1.82) is 0 Å². The van der Waals surface area contributed by atoms with Gasteiger partial charge in [-0.15, -0.1) is 0 Å². The highest BCUT2D eigenvalue weighted by molar-refractivity contribution is 5.36. The molecule has 0 fully saturated rings. The van der Waals surface area contributed by atoms with Crippen molar-refractivity contribution in [2.24, 2.45) is 0 Å². The van der Waals surface area contributed by atoms with E-state index in [9.17, 15) is 0 Å². The highest BCUT2D eigenvalue weighted by Crippen LogP contribution is 2.15. The number of hydrogen-bond acceptors (Lipinski definition) is 0. The Morgan fingerprint density at radius 2 is 1.21 bits per heavy atom. The number of hydrogen-bond donors (Lipinski definition) is 0. The quantitative estimate of drug-likeness (QED) is 0.587. The molecule has 0 N–H and O–H groups in total. The molecule has 14 heavy (non-hydrogen) atoms. The summed E-state index contributed by atoms with van der Waals surface area (Å²) in [5.41, 5.74) is 5.72. The van der Waals surface area contributed by atoms with E-state index in [4.69, 9.17) is 0 Å². The summed E-state index contributed by atoms with van der Waals surface area (Å²) >= 11 is 0. The van der Waals surface area contributed by atoms with Gasteiger partial charge in [0.1, 0.15) is 0 Å². The molecule has 0 aliphatic carbocycles. The van der Waals surface area contributed by atoms with Gasteiger partial charge in [-0.1, -0.05) is 41.3 Å². The fraction of sp³-hybridized carbons (Fsp3) is 0.571. The Bertz CT molecular complexity index is 259. The highest BCUT2D eigenvalue weighted by atomic mass is 14.0. The molecule has 0 aliphatic rings. The van der Waals surface area contributed by atoms with Crippen LogP contribution in [0.1, 0.15) is 51.5 Å². The minimum atomic E-state index is 0. The molecule has 0 heterocycles. The summed E-state index contributed by atoms with van der Waals surface area (Å²) < 4.78 is 0. The largest absolute Gasteiger partial charge is 0.0776 e. The normalized spacial score (nSPS) is 8.00. The molecule has 0 amide bonds. The van der Waals surface area contributed by atoms with Gasteiger partial charge < -0.3 is 0 Å². The Kier molecular flexibility index (Phi) is 10.3. The molecule has 0 aromatic heterocycles. The van der Waals surface area contributed by atoms with E-state index in [2.05, 4.69) is 39.8 Å². The van der Waals surface area contributed by atoms with Crippen molar-refractivity contribution >= 4 is 0 Å². The lowest BCUT2D eigenvalue weighted by Crippen LogP contribution is -1.90. The summed E-state index contributed by atoms with van der Waals surface area (Å²) in [6.45, 7) is 8.73. The van der Waals surface area contributed by atoms with Crippen molar-refractivity contribution in [3.05, 3.63) is 34.4 Å². The zero-order valence-corrected chi connectivity index (χ0v) is 7.86. The number of rotatable bonds is 1. The molecule has 1 rings (SSSR count). The van der Waals surface area contributed by atoms with Gasteiger partial charge in [0.25, 0.3) is 0 Å². The van der Waals surface area contributed by atoms with Gasteiger partial charge in [0.05, 0.1) is 0 Å². The maximum atomic E-state index is 2.30. The zero-order chi connectivity index (χ0) is 8.43. The van der Waals surface area contributed by atoms with E-state index < -0.39 is 0 Å². The first-order valence-electron chi connectivity index (χ1n) is 4.22. The van der Waals surface area contributed by atoms with E-state index >= 15 is 0 Å². The van der Waals surface area contributed by atoms with Gasteiger partial charge in [-0.3, -0.25) is 0 Å². The fourth-order valence-electron chi connectivity index (χ4n) is 1.40. The molecule has 84 valence electrons. The molecule has 0 bridgehead atoms. The van der Waals surface area contributed by atoms with Gasteiger partial charge in [-0.2, -0.15) is 0 Å². The average Bonchev–Trinajstić information content (AvgIpc) is 1.97. The van der Waals surface area contributed by atoms with Crippen LogP contribution in [0.4, 0.5) is 0 Å². The molecular formula is C14H28. The van der Waals surface area contributed by atoms with Crippen molar-refractivity contribution in [2.45, 2.75) is 56.4 Å². The van der Waals surface area contributed by atoms with Gasteiger partial charge in [0.2, 0.25) is 0 Å². The summed E-state index contributed by atoms with van der Waals surface area (Å²) in [7, 11) is 0. The van der Waals surface area contributed by atoms with E-state index in [-0.39, 0.29) is 22.3 Å². The second-order valence-electron chi connectivity index (χ2n) is 3.22.